The Morgan fingerprint density at radius 2 is 1.82 bits per heavy atom. The van der Waals surface area contributed by atoms with E-state index in [9.17, 15) is 0 Å². The maximum Gasteiger partial charge on any atom is 0.0855 e. The van der Waals surface area contributed by atoms with Crippen LogP contribution < -0.4 is 4.72 Å². The lowest BCUT2D eigenvalue weighted by molar-refractivity contribution is 0.141. The summed E-state index contributed by atoms with van der Waals surface area (Å²) in [6.45, 7) is 12.4. The van der Waals surface area contributed by atoms with Crippen LogP contribution in [0, 0.1) is 12.8 Å². The SMILES string of the molecule is C=C(c1ccc(NSc2cccc3cccnc23)c(C)c1)N1CCN(CC2CCCCC2)CC1. The van der Waals surface area contributed by atoms with Crippen molar-refractivity contribution in [2.45, 2.75) is 43.9 Å². The van der Waals surface area contributed by atoms with Gasteiger partial charge in [0.25, 0.3) is 0 Å². The summed E-state index contributed by atoms with van der Waals surface area (Å²) in [5.74, 6) is 0.925. The van der Waals surface area contributed by atoms with Crippen LogP contribution in [0.1, 0.15) is 43.2 Å². The van der Waals surface area contributed by atoms with Crippen molar-refractivity contribution in [2.75, 3.05) is 37.4 Å². The normalized spacial score (nSPS) is 17.7. The minimum atomic E-state index is 0.925. The highest BCUT2D eigenvalue weighted by molar-refractivity contribution is 8.00. The summed E-state index contributed by atoms with van der Waals surface area (Å²) < 4.78 is 3.54. The summed E-state index contributed by atoms with van der Waals surface area (Å²) in [6.07, 6.45) is 9.03. The topological polar surface area (TPSA) is 31.4 Å². The Bertz CT molecular complexity index is 1120. The van der Waals surface area contributed by atoms with Gasteiger partial charge in [-0.2, -0.15) is 0 Å². The van der Waals surface area contributed by atoms with Crippen LogP contribution in [0.2, 0.25) is 0 Å². The molecular formula is C29H36N4S. The van der Waals surface area contributed by atoms with Gasteiger partial charge >= 0.3 is 0 Å². The molecule has 1 aromatic heterocycles. The molecular weight excluding hydrogens is 436 g/mol. The van der Waals surface area contributed by atoms with E-state index in [-0.39, 0.29) is 0 Å². The zero-order valence-corrected chi connectivity index (χ0v) is 21.1. The number of piperazine rings is 1. The molecule has 2 heterocycles. The fourth-order valence-electron chi connectivity index (χ4n) is 5.34. The number of para-hydroxylation sites is 1. The van der Waals surface area contributed by atoms with Crippen molar-refractivity contribution in [3.8, 4) is 0 Å². The first kappa shape index (κ1) is 23.3. The lowest BCUT2D eigenvalue weighted by atomic mass is 9.89. The standard InChI is InChI=1S/C29H36N4S/c1-22-20-26(23(2)33-18-16-32(17-19-33)21-24-8-4-3-5-9-24)13-14-27(22)31-34-28-12-6-10-25-11-7-15-30-29(25)28/h6-7,10-15,20,24,31H,2-5,8-9,16-19,21H2,1H3. The molecule has 4 nitrogen and oxygen atoms in total. The monoisotopic (exact) mass is 472 g/mol. The number of benzene rings is 2. The first-order chi connectivity index (χ1) is 16.7. The number of nitrogens with one attached hydrogen (secondary N) is 1. The van der Waals surface area contributed by atoms with Crippen molar-refractivity contribution in [1.29, 1.82) is 0 Å². The van der Waals surface area contributed by atoms with Crippen molar-refractivity contribution in [1.82, 2.24) is 14.8 Å². The van der Waals surface area contributed by atoms with Crippen LogP contribution in [-0.2, 0) is 0 Å². The van der Waals surface area contributed by atoms with E-state index in [1.54, 1.807) is 11.9 Å². The van der Waals surface area contributed by atoms with Crippen LogP contribution in [0.3, 0.4) is 0 Å². The molecule has 5 heteroatoms. The molecule has 0 atom stereocenters. The van der Waals surface area contributed by atoms with Gasteiger partial charge in [0.05, 0.1) is 10.4 Å². The Kier molecular flexibility index (Phi) is 7.41. The molecule has 1 aliphatic heterocycles. The molecule has 1 saturated carbocycles. The quantitative estimate of drug-likeness (QED) is 0.381. The number of aromatic nitrogens is 1. The number of hydrogen-bond donors (Lipinski definition) is 1. The maximum atomic E-state index is 4.56. The lowest BCUT2D eigenvalue weighted by Gasteiger charge is -2.39. The van der Waals surface area contributed by atoms with Gasteiger partial charge in [-0.15, -0.1) is 0 Å². The van der Waals surface area contributed by atoms with E-state index in [2.05, 4.69) is 75.5 Å². The van der Waals surface area contributed by atoms with Gasteiger partial charge in [-0.05, 0) is 73.0 Å². The molecule has 2 aliphatic rings. The number of hydrogen-bond acceptors (Lipinski definition) is 5. The summed E-state index contributed by atoms with van der Waals surface area (Å²) in [4.78, 5) is 10.8. The van der Waals surface area contributed by atoms with Crippen molar-refractivity contribution in [2.24, 2.45) is 5.92 Å². The van der Waals surface area contributed by atoms with Crippen molar-refractivity contribution >= 4 is 34.2 Å². The molecule has 178 valence electrons. The van der Waals surface area contributed by atoms with E-state index < -0.39 is 0 Å². The van der Waals surface area contributed by atoms with E-state index in [1.165, 1.54) is 49.8 Å². The molecule has 0 amide bonds. The Balaban J connectivity index is 1.17. The first-order valence-electron chi connectivity index (χ1n) is 12.7. The summed E-state index contributed by atoms with van der Waals surface area (Å²) in [6, 6.07) is 17.0. The lowest BCUT2D eigenvalue weighted by Crippen LogP contribution is -2.46. The smallest absolute Gasteiger partial charge is 0.0855 e. The third-order valence-corrected chi connectivity index (χ3v) is 8.29. The van der Waals surface area contributed by atoms with Gasteiger partial charge in [0.2, 0.25) is 0 Å². The number of aryl methyl sites for hydroxylation is 1. The second-order valence-corrected chi connectivity index (χ2v) is 10.7. The van der Waals surface area contributed by atoms with E-state index in [0.717, 1.165) is 59.3 Å². The fourth-order valence-corrected chi connectivity index (χ4v) is 6.21. The van der Waals surface area contributed by atoms with E-state index in [1.807, 2.05) is 12.3 Å². The Morgan fingerprint density at radius 3 is 2.62 bits per heavy atom. The highest BCUT2D eigenvalue weighted by Gasteiger charge is 2.22. The molecule has 1 aliphatic carbocycles. The summed E-state index contributed by atoms with van der Waals surface area (Å²) in [5, 5.41) is 1.16. The van der Waals surface area contributed by atoms with E-state index in [4.69, 9.17) is 0 Å². The second-order valence-electron chi connectivity index (χ2n) is 9.80. The van der Waals surface area contributed by atoms with E-state index >= 15 is 0 Å². The van der Waals surface area contributed by atoms with Gasteiger partial charge in [-0.1, -0.05) is 50.1 Å². The zero-order valence-electron chi connectivity index (χ0n) is 20.3. The van der Waals surface area contributed by atoms with Crippen LogP contribution in [0.15, 0.2) is 66.2 Å². The van der Waals surface area contributed by atoms with Crippen LogP contribution >= 0.6 is 11.9 Å². The summed E-state index contributed by atoms with van der Waals surface area (Å²) in [7, 11) is 0. The average molecular weight is 473 g/mol. The van der Waals surface area contributed by atoms with Crippen LogP contribution in [0.4, 0.5) is 5.69 Å². The Labute approximate surface area is 208 Å². The molecule has 3 aromatic rings. The zero-order chi connectivity index (χ0) is 23.3. The largest absolute Gasteiger partial charge is 0.369 e. The molecule has 0 bridgehead atoms. The molecule has 1 N–H and O–H groups in total. The number of nitrogens with zero attached hydrogens (tertiary/aromatic N) is 3. The minimum Gasteiger partial charge on any atom is -0.369 e. The average Bonchev–Trinajstić information content (AvgIpc) is 2.88. The minimum absolute atomic E-state index is 0.925. The van der Waals surface area contributed by atoms with Gasteiger partial charge in [0.1, 0.15) is 0 Å². The second kappa shape index (κ2) is 10.8. The summed E-state index contributed by atoms with van der Waals surface area (Å²) >= 11 is 1.62. The maximum absolute atomic E-state index is 4.56. The molecule has 2 fully saturated rings. The third-order valence-electron chi connectivity index (χ3n) is 7.42. The Hall–Kier alpha value is -2.50. The molecule has 0 unspecified atom stereocenters. The van der Waals surface area contributed by atoms with Gasteiger partial charge in [0, 0.05) is 55.7 Å². The van der Waals surface area contributed by atoms with Gasteiger partial charge < -0.3 is 9.62 Å². The predicted octanol–water partition coefficient (Wildman–Crippen LogP) is 6.83. The highest BCUT2D eigenvalue weighted by Crippen LogP contribution is 2.31. The van der Waals surface area contributed by atoms with Crippen LogP contribution in [0.5, 0.6) is 0 Å². The third kappa shape index (κ3) is 5.42. The van der Waals surface area contributed by atoms with Crippen molar-refractivity contribution in [3.63, 3.8) is 0 Å². The number of pyridine rings is 1. The van der Waals surface area contributed by atoms with Crippen molar-refractivity contribution < 1.29 is 0 Å². The van der Waals surface area contributed by atoms with Gasteiger partial charge in [0.15, 0.2) is 0 Å². The molecule has 2 aromatic carbocycles. The highest BCUT2D eigenvalue weighted by atomic mass is 32.2. The fraction of sp³-hybridized carbons (Fsp3) is 0.414. The molecule has 5 rings (SSSR count). The number of fused-ring (bicyclic) bond motifs is 1. The van der Waals surface area contributed by atoms with Crippen LogP contribution in [-0.4, -0.2) is 47.5 Å². The molecule has 34 heavy (non-hydrogen) atoms. The molecule has 1 saturated heterocycles. The molecule has 0 spiro atoms. The Morgan fingerprint density at radius 1 is 1.03 bits per heavy atom. The first-order valence-corrected chi connectivity index (χ1v) is 13.5. The van der Waals surface area contributed by atoms with Crippen LogP contribution in [0.25, 0.3) is 16.6 Å². The van der Waals surface area contributed by atoms with Crippen molar-refractivity contribution in [3.05, 3.63) is 72.4 Å². The molecule has 0 radical (unpaired) electrons. The number of anilines is 1. The predicted molar refractivity (Wildman–Crippen MR) is 146 cm³/mol. The summed E-state index contributed by atoms with van der Waals surface area (Å²) in [5.41, 5.74) is 5.77. The van der Waals surface area contributed by atoms with E-state index in [0.29, 0.717) is 0 Å². The van der Waals surface area contributed by atoms with Gasteiger partial charge in [-0.25, -0.2) is 0 Å². The number of rotatable bonds is 7. The van der Waals surface area contributed by atoms with Gasteiger partial charge in [-0.3, -0.25) is 9.88 Å².